The first-order chi connectivity index (χ1) is 27.9. The lowest BCUT2D eigenvalue weighted by Crippen LogP contribution is -2.79. The second-order valence-corrected chi connectivity index (χ2v) is 19.7. The Morgan fingerprint density at radius 2 is 1.44 bits per heavy atom. The van der Waals surface area contributed by atoms with Gasteiger partial charge in [-0.3, -0.25) is 4.79 Å². The van der Waals surface area contributed by atoms with Gasteiger partial charge < -0.3 is 43.4 Å². The van der Waals surface area contributed by atoms with Crippen LogP contribution in [0.15, 0.2) is 54.6 Å². The summed E-state index contributed by atoms with van der Waals surface area (Å²) in [7, 11) is 0. The van der Waals surface area contributed by atoms with E-state index < -0.39 is 94.5 Å². The minimum atomic E-state index is -3.52. The van der Waals surface area contributed by atoms with Crippen LogP contribution in [-0.4, -0.2) is 98.3 Å². The number of esters is 5. The minimum Gasteiger partial charge on any atom is -0.458 e. The SMILES string of the molecule is C=C(CC[C@@]12O[C@H](C(=O)OC(C)(C)C)[C@@](O)(C(=O)OC(C)(C)C)[C@@](C(=O)OC(C)(C)C)(O1)[C@H](OC(=O)/C=C/[C@@H](C)C[C@@H](C)CC)[C@H]2O)[C@@H](OC(C)=O)[C@H](C)Cc1ccccc1. The maximum absolute atomic E-state index is 14.9. The quantitative estimate of drug-likeness (QED) is 0.0732. The van der Waals surface area contributed by atoms with Crippen LogP contribution in [0.1, 0.15) is 128 Å². The topological polar surface area (TPSA) is 190 Å². The Labute approximate surface area is 361 Å². The van der Waals surface area contributed by atoms with Crippen molar-refractivity contribution in [1.29, 1.82) is 0 Å². The smallest absolute Gasteiger partial charge is 0.347 e. The molecule has 1 aromatic carbocycles. The first-order valence-electron chi connectivity index (χ1n) is 21.2. The summed E-state index contributed by atoms with van der Waals surface area (Å²) in [6.07, 6.45) is -3.46. The summed E-state index contributed by atoms with van der Waals surface area (Å²) in [6.45, 7) is 27.0. The Morgan fingerprint density at radius 3 is 1.97 bits per heavy atom. The second-order valence-electron chi connectivity index (χ2n) is 19.7. The van der Waals surface area contributed by atoms with Gasteiger partial charge in [-0.25, -0.2) is 19.2 Å². The van der Waals surface area contributed by atoms with E-state index >= 15 is 0 Å². The fourth-order valence-electron chi connectivity index (χ4n) is 7.61. The lowest BCUT2D eigenvalue weighted by Gasteiger charge is -2.51. The Hall–Kier alpha value is -4.11. The zero-order valence-corrected chi connectivity index (χ0v) is 38.6. The predicted molar refractivity (Wildman–Crippen MR) is 225 cm³/mol. The van der Waals surface area contributed by atoms with Crippen molar-refractivity contribution >= 4 is 29.8 Å². The summed E-state index contributed by atoms with van der Waals surface area (Å²) in [5.74, 6) is -8.58. The highest BCUT2D eigenvalue weighted by Gasteiger charge is 2.87. The van der Waals surface area contributed by atoms with E-state index in [0.29, 0.717) is 17.9 Å². The van der Waals surface area contributed by atoms with Crippen LogP contribution in [0.5, 0.6) is 0 Å². The van der Waals surface area contributed by atoms with E-state index in [1.54, 1.807) is 6.08 Å². The molecule has 0 aliphatic carbocycles. The molecule has 2 bridgehead atoms. The molecule has 2 N–H and O–H groups in total. The highest BCUT2D eigenvalue weighted by Crippen LogP contribution is 2.57. The number of aliphatic hydroxyl groups excluding tert-OH is 1. The molecule has 0 radical (unpaired) electrons. The molecule has 0 amide bonds. The van der Waals surface area contributed by atoms with Crippen molar-refractivity contribution in [2.24, 2.45) is 17.8 Å². The van der Waals surface area contributed by atoms with E-state index in [2.05, 4.69) is 20.4 Å². The van der Waals surface area contributed by atoms with E-state index in [1.807, 2.05) is 44.2 Å². The number of hydrogen-bond acceptors (Lipinski definition) is 14. The molecule has 342 valence electrons. The summed E-state index contributed by atoms with van der Waals surface area (Å²) in [4.78, 5) is 70.2. The molecule has 0 spiro atoms. The summed E-state index contributed by atoms with van der Waals surface area (Å²) in [5, 5.41) is 25.5. The molecule has 14 heteroatoms. The molecule has 2 fully saturated rings. The van der Waals surface area contributed by atoms with Gasteiger partial charge in [-0.15, -0.1) is 0 Å². The van der Waals surface area contributed by atoms with Crippen LogP contribution in [0.2, 0.25) is 0 Å². The molecule has 14 nitrogen and oxygen atoms in total. The van der Waals surface area contributed by atoms with Gasteiger partial charge in [0.15, 0.2) is 6.10 Å². The van der Waals surface area contributed by atoms with Gasteiger partial charge in [0.2, 0.25) is 17.5 Å². The monoisotopic (exact) mass is 858 g/mol. The third-order valence-electron chi connectivity index (χ3n) is 10.5. The molecule has 2 heterocycles. The van der Waals surface area contributed by atoms with Crippen molar-refractivity contribution in [3.8, 4) is 0 Å². The van der Waals surface area contributed by atoms with E-state index in [0.717, 1.165) is 24.5 Å². The van der Waals surface area contributed by atoms with E-state index in [4.69, 9.17) is 33.2 Å². The van der Waals surface area contributed by atoms with Crippen molar-refractivity contribution in [2.75, 3.05) is 0 Å². The predicted octanol–water partition coefficient (Wildman–Crippen LogP) is 6.65. The molecule has 10 atom stereocenters. The molecule has 2 aliphatic heterocycles. The molecule has 2 saturated heterocycles. The van der Waals surface area contributed by atoms with Crippen molar-refractivity contribution in [3.05, 3.63) is 60.2 Å². The Bertz CT molecular complexity index is 1770. The molecule has 0 aromatic heterocycles. The fourth-order valence-corrected chi connectivity index (χ4v) is 7.61. The van der Waals surface area contributed by atoms with Crippen molar-refractivity contribution < 1.29 is 67.3 Å². The number of ether oxygens (including phenoxy) is 7. The van der Waals surface area contributed by atoms with Crippen LogP contribution >= 0.6 is 0 Å². The fraction of sp³-hybridized carbons (Fsp3) is 0.681. The molecule has 3 rings (SSSR count). The van der Waals surface area contributed by atoms with Gasteiger partial charge in [0.25, 0.3) is 5.60 Å². The Kier molecular flexibility index (Phi) is 16.4. The van der Waals surface area contributed by atoms with E-state index in [1.165, 1.54) is 69.2 Å². The first-order valence-corrected chi connectivity index (χ1v) is 21.2. The second kappa shape index (κ2) is 19.5. The summed E-state index contributed by atoms with van der Waals surface area (Å²) in [6, 6.07) is 9.53. The largest absolute Gasteiger partial charge is 0.458 e. The van der Waals surface area contributed by atoms with E-state index in [9.17, 15) is 34.2 Å². The van der Waals surface area contributed by atoms with Gasteiger partial charge in [-0.1, -0.05) is 77.1 Å². The number of rotatable bonds is 17. The molecule has 0 saturated carbocycles. The third kappa shape index (κ3) is 12.5. The van der Waals surface area contributed by atoms with Crippen LogP contribution in [-0.2, 0) is 63.6 Å². The lowest BCUT2D eigenvalue weighted by molar-refractivity contribution is -0.378. The highest BCUT2D eigenvalue weighted by molar-refractivity contribution is 6.00. The van der Waals surface area contributed by atoms with E-state index in [-0.39, 0.29) is 18.3 Å². The van der Waals surface area contributed by atoms with Crippen LogP contribution in [0.3, 0.4) is 0 Å². The number of allylic oxidation sites excluding steroid dienone is 1. The van der Waals surface area contributed by atoms with Crippen molar-refractivity contribution in [1.82, 2.24) is 0 Å². The molecular formula is C47H70O14. The van der Waals surface area contributed by atoms with Crippen LogP contribution in [0, 0.1) is 17.8 Å². The Morgan fingerprint density at radius 1 is 0.885 bits per heavy atom. The maximum atomic E-state index is 14.9. The van der Waals surface area contributed by atoms with Crippen molar-refractivity contribution in [2.45, 2.75) is 187 Å². The van der Waals surface area contributed by atoms with Gasteiger partial charge in [-0.2, -0.15) is 0 Å². The van der Waals surface area contributed by atoms with Crippen LogP contribution in [0.4, 0.5) is 0 Å². The normalized spacial score (nSPS) is 27.3. The number of benzene rings is 1. The summed E-state index contributed by atoms with van der Waals surface area (Å²) >= 11 is 0. The van der Waals surface area contributed by atoms with Gasteiger partial charge in [-0.05, 0) is 105 Å². The molecular weight excluding hydrogens is 789 g/mol. The number of carbonyl (C=O) groups excluding carboxylic acids is 5. The standard InChI is InChI=1S/C47H70O14/c1-16-28(2)26-29(3)22-23-34(49)56-37-36(50)45(25-24-30(4)35(55-32(6)48)31(5)27-33-20-18-17-19-21-33)57-38(39(51)58-42(7,8)9)46(54,40(52)59-43(10,11)12)47(37,61-45)41(53)60-44(13,14)15/h17-23,28-29,31,35-38,50,54H,4,16,24-27H2,1-3,5-15H3/b23-22+/t28-,29+,31+,35+,36+,37+,38+,45+,46+,47+/m0/s1. The third-order valence-corrected chi connectivity index (χ3v) is 10.5. The average Bonchev–Trinajstić information content (AvgIpc) is 3.33. The molecule has 0 unspecified atom stereocenters. The summed E-state index contributed by atoms with van der Waals surface area (Å²) < 4.78 is 41.6. The van der Waals surface area contributed by atoms with Crippen LogP contribution in [0.25, 0.3) is 0 Å². The molecule has 61 heavy (non-hydrogen) atoms. The maximum Gasteiger partial charge on any atom is 0.347 e. The highest BCUT2D eigenvalue weighted by atomic mass is 16.8. The average molecular weight is 859 g/mol. The van der Waals surface area contributed by atoms with Crippen LogP contribution < -0.4 is 0 Å². The number of carbonyl (C=O) groups is 5. The molecule has 1 aromatic rings. The molecule has 2 aliphatic rings. The van der Waals surface area contributed by atoms with Crippen molar-refractivity contribution in [3.63, 3.8) is 0 Å². The minimum absolute atomic E-state index is 0.0864. The first kappa shape index (κ1) is 51.2. The van der Waals surface area contributed by atoms with Gasteiger partial charge in [0.05, 0.1) is 0 Å². The van der Waals surface area contributed by atoms with Gasteiger partial charge in [0.1, 0.15) is 29.0 Å². The van der Waals surface area contributed by atoms with Gasteiger partial charge >= 0.3 is 29.8 Å². The number of fused-ring (bicyclic) bond motifs is 2. The zero-order chi connectivity index (χ0) is 46.5. The number of hydrogen-bond donors (Lipinski definition) is 2. The Balaban J connectivity index is 2.31. The lowest BCUT2D eigenvalue weighted by atomic mass is 9.74. The summed E-state index contributed by atoms with van der Waals surface area (Å²) in [5.41, 5.74) is -9.33. The number of aliphatic hydroxyl groups is 2. The van der Waals surface area contributed by atoms with Gasteiger partial charge in [0, 0.05) is 25.3 Å². The zero-order valence-electron chi connectivity index (χ0n) is 38.6.